The van der Waals surface area contributed by atoms with Crippen molar-refractivity contribution in [1.29, 1.82) is 0 Å². The molecule has 0 spiro atoms. The van der Waals surface area contributed by atoms with Crippen LogP contribution in [0.4, 0.5) is 0 Å². The summed E-state index contributed by atoms with van der Waals surface area (Å²) in [6.07, 6.45) is 6.97. The van der Waals surface area contributed by atoms with Crippen molar-refractivity contribution < 1.29 is 9.84 Å². The molecule has 2 rings (SSSR count). The Kier molecular flexibility index (Phi) is 6.14. The lowest BCUT2D eigenvalue weighted by Gasteiger charge is -2.28. The molecule has 0 amide bonds. The molecule has 0 aromatic heterocycles. The summed E-state index contributed by atoms with van der Waals surface area (Å²) in [4.78, 5) is 0. The Bertz CT molecular complexity index is 502. The molecule has 1 N–H and O–H groups in total. The first-order chi connectivity index (χ1) is 10.2. The van der Waals surface area contributed by atoms with Gasteiger partial charge in [-0.05, 0) is 56.2 Å². The van der Waals surface area contributed by atoms with Gasteiger partial charge in [-0.3, -0.25) is 0 Å². The molecular formula is C19H26O2. The molecule has 114 valence electrons. The van der Waals surface area contributed by atoms with E-state index in [0.717, 1.165) is 30.1 Å². The van der Waals surface area contributed by atoms with Gasteiger partial charge in [0.2, 0.25) is 0 Å². The highest BCUT2D eigenvalue weighted by molar-refractivity contribution is 5.48. The summed E-state index contributed by atoms with van der Waals surface area (Å²) < 4.78 is 6.20. The molecule has 0 bridgehead atoms. The van der Waals surface area contributed by atoms with E-state index >= 15 is 0 Å². The largest absolute Gasteiger partial charge is 0.489 e. The Labute approximate surface area is 128 Å². The Morgan fingerprint density at radius 1 is 1.24 bits per heavy atom. The van der Waals surface area contributed by atoms with Gasteiger partial charge in [0.05, 0.1) is 18.3 Å². The summed E-state index contributed by atoms with van der Waals surface area (Å²) in [7, 11) is 0. The minimum atomic E-state index is 0.107. The van der Waals surface area contributed by atoms with Gasteiger partial charge in [-0.15, -0.1) is 0 Å². The zero-order chi connectivity index (χ0) is 15.1. The standard InChI is InChI=1S/C19H26O2/c1-3-16-8-10-18(11-9-16)21-19-12-7-15(2)14-17(19)6-4-5-13-20/h7,12,14,16,18,20H,3,5,8-11,13H2,1-2H3. The highest BCUT2D eigenvalue weighted by atomic mass is 16.5. The van der Waals surface area contributed by atoms with Crippen LogP contribution < -0.4 is 4.74 Å². The zero-order valence-electron chi connectivity index (χ0n) is 13.2. The van der Waals surface area contributed by atoms with Crippen LogP contribution in [0.15, 0.2) is 18.2 Å². The van der Waals surface area contributed by atoms with Gasteiger partial charge in [-0.2, -0.15) is 0 Å². The maximum Gasteiger partial charge on any atom is 0.135 e. The van der Waals surface area contributed by atoms with E-state index in [9.17, 15) is 0 Å². The summed E-state index contributed by atoms with van der Waals surface area (Å²) >= 11 is 0. The van der Waals surface area contributed by atoms with Crippen LogP contribution in [-0.4, -0.2) is 17.8 Å². The fraction of sp³-hybridized carbons (Fsp3) is 0.579. The van der Waals surface area contributed by atoms with Crippen LogP contribution >= 0.6 is 0 Å². The number of rotatable bonds is 4. The zero-order valence-corrected chi connectivity index (χ0v) is 13.2. The Balaban J connectivity index is 2.04. The van der Waals surface area contributed by atoms with Crippen LogP contribution in [0.1, 0.15) is 56.6 Å². The minimum absolute atomic E-state index is 0.107. The van der Waals surface area contributed by atoms with Crippen LogP contribution in [-0.2, 0) is 0 Å². The third kappa shape index (κ3) is 4.79. The molecule has 2 heteroatoms. The van der Waals surface area contributed by atoms with Gasteiger partial charge in [0.1, 0.15) is 5.75 Å². The van der Waals surface area contributed by atoms with E-state index in [1.165, 1.54) is 24.8 Å². The normalized spacial score (nSPS) is 21.5. The second kappa shape index (κ2) is 8.10. The molecule has 0 heterocycles. The van der Waals surface area contributed by atoms with E-state index in [2.05, 4.69) is 37.8 Å². The summed E-state index contributed by atoms with van der Waals surface area (Å²) in [5, 5.41) is 8.84. The lowest BCUT2D eigenvalue weighted by molar-refractivity contribution is 0.129. The Hall–Kier alpha value is -1.46. The maximum absolute atomic E-state index is 8.84. The van der Waals surface area contributed by atoms with Gasteiger partial charge in [-0.1, -0.05) is 31.3 Å². The summed E-state index contributed by atoms with van der Waals surface area (Å²) in [5.41, 5.74) is 2.13. The first kappa shape index (κ1) is 15.9. The van der Waals surface area contributed by atoms with Gasteiger partial charge in [0.15, 0.2) is 0 Å². The predicted molar refractivity (Wildman–Crippen MR) is 86.4 cm³/mol. The predicted octanol–water partition coefficient (Wildman–Crippen LogP) is 4.08. The molecule has 21 heavy (non-hydrogen) atoms. The molecule has 0 aliphatic heterocycles. The van der Waals surface area contributed by atoms with E-state index < -0.39 is 0 Å². The summed E-state index contributed by atoms with van der Waals surface area (Å²) in [5.74, 6) is 7.90. The highest BCUT2D eigenvalue weighted by Gasteiger charge is 2.21. The van der Waals surface area contributed by atoms with Crippen LogP contribution in [0.2, 0.25) is 0 Å². The molecule has 1 aromatic carbocycles. The topological polar surface area (TPSA) is 29.5 Å². The fourth-order valence-corrected chi connectivity index (χ4v) is 2.90. The number of hydrogen-bond donors (Lipinski definition) is 1. The van der Waals surface area contributed by atoms with Gasteiger partial charge < -0.3 is 9.84 Å². The first-order valence-corrected chi connectivity index (χ1v) is 8.10. The lowest BCUT2D eigenvalue weighted by Crippen LogP contribution is -2.24. The molecule has 0 radical (unpaired) electrons. The van der Waals surface area contributed by atoms with E-state index in [0.29, 0.717) is 12.5 Å². The number of hydrogen-bond acceptors (Lipinski definition) is 2. The van der Waals surface area contributed by atoms with Crippen molar-refractivity contribution in [2.45, 2.75) is 58.5 Å². The fourth-order valence-electron chi connectivity index (χ4n) is 2.90. The van der Waals surface area contributed by atoms with Crippen molar-refractivity contribution in [3.05, 3.63) is 29.3 Å². The molecule has 0 saturated heterocycles. The molecule has 1 aliphatic rings. The number of aliphatic hydroxyl groups excluding tert-OH is 1. The first-order valence-electron chi connectivity index (χ1n) is 8.10. The number of benzene rings is 1. The van der Waals surface area contributed by atoms with E-state index in [4.69, 9.17) is 9.84 Å². The van der Waals surface area contributed by atoms with E-state index in [-0.39, 0.29) is 6.61 Å². The Morgan fingerprint density at radius 3 is 2.67 bits per heavy atom. The van der Waals surface area contributed by atoms with Crippen molar-refractivity contribution in [1.82, 2.24) is 0 Å². The quantitative estimate of drug-likeness (QED) is 0.845. The molecule has 0 unspecified atom stereocenters. The molecule has 1 saturated carbocycles. The van der Waals surface area contributed by atoms with Crippen molar-refractivity contribution in [2.75, 3.05) is 6.61 Å². The average Bonchev–Trinajstić information content (AvgIpc) is 2.51. The number of aliphatic hydroxyl groups is 1. The molecule has 1 fully saturated rings. The van der Waals surface area contributed by atoms with Gasteiger partial charge in [-0.25, -0.2) is 0 Å². The van der Waals surface area contributed by atoms with Gasteiger partial charge in [0.25, 0.3) is 0 Å². The van der Waals surface area contributed by atoms with Crippen LogP contribution in [0.5, 0.6) is 5.75 Å². The summed E-state index contributed by atoms with van der Waals surface area (Å²) in [6, 6.07) is 6.17. The highest BCUT2D eigenvalue weighted by Crippen LogP contribution is 2.30. The molecule has 2 nitrogen and oxygen atoms in total. The third-order valence-corrected chi connectivity index (χ3v) is 4.26. The molecular weight excluding hydrogens is 260 g/mol. The SMILES string of the molecule is CCC1CCC(Oc2ccc(C)cc2C#CCCO)CC1. The van der Waals surface area contributed by atoms with E-state index in [1.54, 1.807) is 0 Å². The van der Waals surface area contributed by atoms with Crippen molar-refractivity contribution in [2.24, 2.45) is 5.92 Å². The van der Waals surface area contributed by atoms with Crippen molar-refractivity contribution in [3.63, 3.8) is 0 Å². The van der Waals surface area contributed by atoms with E-state index in [1.807, 2.05) is 6.07 Å². The third-order valence-electron chi connectivity index (χ3n) is 4.26. The number of ether oxygens (including phenoxy) is 1. The average molecular weight is 286 g/mol. The molecule has 1 aliphatic carbocycles. The van der Waals surface area contributed by atoms with Gasteiger partial charge >= 0.3 is 0 Å². The van der Waals surface area contributed by atoms with Gasteiger partial charge in [0, 0.05) is 6.42 Å². The lowest BCUT2D eigenvalue weighted by atomic mass is 9.86. The van der Waals surface area contributed by atoms with Crippen molar-refractivity contribution in [3.8, 4) is 17.6 Å². The monoisotopic (exact) mass is 286 g/mol. The van der Waals surface area contributed by atoms with Crippen LogP contribution in [0.3, 0.4) is 0 Å². The smallest absolute Gasteiger partial charge is 0.135 e. The maximum atomic E-state index is 8.84. The minimum Gasteiger partial charge on any atom is -0.489 e. The molecule has 0 atom stereocenters. The van der Waals surface area contributed by atoms with Crippen molar-refractivity contribution >= 4 is 0 Å². The van der Waals surface area contributed by atoms with Crippen LogP contribution in [0.25, 0.3) is 0 Å². The summed E-state index contributed by atoms with van der Waals surface area (Å²) in [6.45, 7) is 4.45. The number of aryl methyl sites for hydroxylation is 1. The Morgan fingerprint density at radius 2 is 2.00 bits per heavy atom. The molecule has 1 aromatic rings. The van der Waals surface area contributed by atoms with Crippen LogP contribution in [0, 0.1) is 24.7 Å². The second-order valence-corrected chi connectivity index (χ2v) is 5.94. The second-order valence-electron chi connectivity index (χ2n) is 5.94.